The van der Waals surface area contributed by atoms with Gasteiger partial charge in [0.2, 0.25) is 5.91 Å². The van der Waals surface area contributed by atoms with Gasteiger partial charge in [-0.05, 0) is 66.3 Å². The number of aryl methyl sites for hydroxylation is 1. The highest BCUT2D eigenvalue weighted by Crippen LogP contribution is 2.34. The summed E-state index contributed by atoms with van der Waals surface area (Å²) in [6.07, 6.45) is -2.10. The fourth-order valence-corrected chi connectivity index (χ4v) is 6.70. The predicted molar refractivity (Wildman–Crippen MR) is 189 cm³/mol. The zero-order valence-electron chi connectivity index (χ0n) is 27.4. The van der Waals surface area contributed by atoms with Crippen LogP contribution in [0.15, 0.2) is 83.0 Å². The van der Waals surface area contributed by atoms with Gasteiger partial charge in [0, 0.05) is 29.5 Å². The number of nitrogens with zero attached hydrogens (tertiary/aromatic N) is 6. The maximum atomic E-state index is 13.3. The zero-order valence-corrected chi connectivity index (χ0v) is 29.0. The number of amides is 1. The first kappa shape index (κ1) is 35.2. The largest absolute Gasteiger partial charge is 0.573 e. The summed E-state index contributed by atoms with van der Waals surface area (Å²) in [7, 11) is 0. The van der Waals surface area contributed by atoms with E-state index < -0.39 is 6.36 Å². The standard InChI is InChI=1S/C35H37F3N6O2S2/c1-22(2)29-15-6-24(5)20-30(29)44-31(45)17-19-47-34(44)41-33(48-23(3)4)39-18-16-25-7-9-26(10-8-25)32-40-21-43(42-32)27-11-13-28(14-12-27)46-35(36,37)38/h6-15,20-23H,16-19H2,1-5H3/b39-33-,41-34-. The Kier molecular flexibility index (Phi) is 11.3. The summed E-state index contributed by atoms with van der Waals surface area (Å²) in [5, 5.41) is 6.05. The van der Waals surface area contributed by atoms with E-state index in [1.54, 1.807) is 28.4 Å². The summed E-state index contributed by atoms with van der Waals surface area (Å²) in [5.41, 5.74) is 5.52. The molecule has 0 saturated carbocycles. The fourth-order valence-electron chi connectivity index (χ4n) is 4.98. The van der Waals surface area contributed by atoms with Crippen molar-refractivity contribution in [2.24, 2.45) is 9.98 Å². The number of thioether (sulfide) groups is 2. The molecule has 1 saturated heterocycles. The van der Waals surface area contributed by atoms with Crippen LogP contribution in [-0.2, 0) is 11.2 Å². The lowest BCUT2D eigenvalue weighted by Gasteiger charge is -2.30. The molecule has 1 aliphatic rings. The van der Waals surface area contributed by atoms with Crippen molar-refractivity contribution in [3.05, 3.63) is 89.7 Å². The van der Waals surface area contributed by atoms with Crippen LogP contribution >= 0.6 is 23.5 Å². The molecule has 0 unspecified atom stereocenters. The van der Waals surface area contributed by atoms with Gasteiger partial charge in [-0.3, -0.25) is 14.7 Å². The number of hydrogen-bond donors (Lipinski definition) is 0. The summed E-state index contributed by atoms with van der Waals surface area (Å²) in [6.45, 7) is 11.0. The molecule has 0 N–H and O–H groups in total. The molecule has 4 aromatic rings. The van der Waals surface area contributed by atoms with Gasteiger partial charge < -0.3 is 4.74 Å². The van der Waals surface area contributed by atoms with Gasteiger partial charge in [-0.1, -0.05) is 87.6 Å². The first-order valence-electron chi connectivity index (χ1n) is 15.6. The Morgan fingerprint density at radius 2 is 1.77 bits per heavy atom. The molecule has 1 aliphatic heterocycles. The van der Waals surface area contributed by atoms with Gasteiger partial charge >= 0.3 is 6.36 Å². The van der Waals surface area contributed by atoms with Gasteiger partial charge in [-0.15, -0.1) is 18.3 Å². The average molecular weight is 695 g/mol. The number of halogens is 3. The Balaban J connectivity index is 1.28. The van der Waals surface area contributed by atoms with E-state index in [0.717, 1.165) is 27.9 Å². The quantitative estimate of drug-likeness (QED) is 0.129. The number of aliphatic imine (C=N–C) groups is 2. The number of anilines is 1. The number of alkyl halides is 3. The molecule has 3 aromatic carbocycles. The van der Waals surface area contributed by atoms with Crippen LogP contribution in [0, 0.1) is 6.92 Å². The Hall–Kier alpha value is -4.10. The van der Waals surface area contributed by atoms with Gasteiger partial charge in [-0.2, -0.15) is 4.99 Å². The van der Waals surface area contributed by atoms with Crippen molar-refractivity contribution in [1.82, 2.24) is 14.8 Å². The van der Waals surface area contributed by atoms with Gasteiger partial charge in [0.05, 0.1) is 11.4 Å². The number of rotatable bonds is 9. The number of amidine groups is 2. The maximum Gasteiger partial charge on any atom is 0.573 e. The molecule has 5 rings (SSSR count). The molecule has 252 valence electrons. The molecule has 0 atom stereocenters. The van der Waals surface area contributed by atoms with Crippen LogP contribution in [0.5, 0.6) is 5.75 Å². The third kappa shape index (κ3) is 9.28. The van der Waals surface area contributed by atoms with E-state index in [-0.39, 0.29) is 22.8 Å². The van der Waals surface area contributed by atoms with Crippen molar-refractivity contribution >= 4 is 45.5 Å². The summed E-state index contributed by atoms with van der Waals surface area (Å²) in [5.74, 6) is 1.15. The second kappa shape index (κ2) is 15.4. The van der Waals surface area contributed by atoms with Crippen molar-refractivity contribution in [3.63, 3.8) is 0 Å². The first-order chi connectivity index (χ1) is 22.9. The first-order valence-corrected chi connectivity index (χ1v) is 17.5. The SMILES string of the molecule is Cc1ccc(C(C)C)c(N2C(=O)CCS/C2=N\C(=N\CCc2ccc(-c3ncn(-c4ccc(OC(F)(F)F)cc4)n3)cc2)SC(C)C)c1. The highest BCUT2D eigenvalue weighted by atomic mass is 32.2. The summed E-state index contributed by atoms with van der Waals surface area (Å²) >= 11 is 3.16. The van der Waals surface area contributed by atoms with Crippen molar-refractivity contribution in [2.45, 2.75) is 65.0 Å². The second-order valence-electron chi connectivity index (χ2n) is 11.8. The smallest absolute Gasteiger partial charge is 0.406 e. The molecule has 1 fully saturated rings. The lowest BCUT2D eigenvalue weighted by molar-refractivity contribution is -0.274. The Labute approximate surface area is 286 Å². The lowest BCUT2D eigenvalue weighted by atomic mass is 9.98. The lowest BCUT2D eigenvalue weighted by Crippen LogP contribution is -2.40. The Morgan fingerprint density at radius 3 is 2.44 bits per heavy atom. The topological polar surface area (TPSA) is 85.0 Å². The third-order valence-corrected chi connectivity index (χ3v) is 9.10. The van der Waals surface area contributed by atoms with E-state index in [4.69, 9.17) is 9.98 Å². The van der Waals surface area contributed by atoms with E-state index in [1.165, 1.54) is 35.3 Å². The fraction of sp³-hybridized carbons (Fsp3) is 0.343. The molecule has 1 amide bonds. The van der Waals surface area contributed by atoms with E-state index in [1.807, 2.05) is 31.2 Å². The van der Waals surface area contributed by atoms with Crippen LogP contribution in [0.3, 0.4) is 0 Å². The highest BCUT2D eigenvalue weighted by molar-refractivity contribution is 8.15. The number of aromatic nitrogens is 3. The molecule has 2 heterocycles. The van der Waals surface area contributed by atoms with Gasteiger partial charge in [0.1, 0.15) is 12.1 Å². The number of carbonyl (C=O) groups is 1. The van der Waals surface area contributed by atoms with Crippen LogP contribution < -0.4 is 9.64 Å². The molecule has 0 spiro atoms. The zero-order chi connectivity index (χ0) is 34.4. The van der Waals surface area contributed by atoms with Crippen molar-refractivity contribution in [1.29, 1.82) is 0 Å². The molecular formula is C35H37F3N6O2S2. The molecule has 48 heavy (non-hydrogen) atoms. The minimum atomic E-state index is -4.75. The van der Waals surface area contributed by atoms with E-state index >= 15 is 0 Å². The van der Waals surface area contributed by atoms with Crippen molar-refractivity contribution in [3.8, 4) is 22.8 Å². The highest BCUT2D eigenvalue weighted by Gasteiger charge is 2.31. The summed E-state index contributed by atoms with van der Waals surface area (Å²) in [6, 6.07) is 19.5. The summed E-state index contributed by atoms with van der Waals surface area (Å²) in [4.78, 5) is 29.3. The molecular weight excluding hydrogens is 658 g/mol. The van der Waals surface area contributed by atoms with Crippen LogP contribution in [0.2, 0.25) is 0 Å². The minimum absolute atomic E-state index is 0.0433. The van der Waals surface area contributed by atoms with Crippen LogP contribution in [-0.4, -0.2) is 54.9 Å². The van der Waals surface area contributed by atoms with E-state index in [0.29, 0.717) is 47.0 Å². The van der Waals surface area contributed by atoms with Crippen LogP contribution in [0.1, 0.15) is 56.7 Å². The third-order valence-electron chi connectivity index (χ3n) is 7.26. The van der Waals surface area contributed by atoms with Crippen molar-refractivity contribution < 1.29 is 22.7 Å². The maximum absolute atomic E-state index is 13.3. The molecule has 0 bridgehead atoms. The van der Waals surface area contributed by atoms with Gasteiger partial charge in [0.25, 0.3) is 0 Å². The Morgan fingerprint density at radius 1 is 1.04 bits per heavy atom. The monoisotopic (exact) mass is 694 g/mol. The molecule has 0 aliphatic carbocycles. The van der Waals surface area contributed by atoms with E-state index in [2.05, 4.69) is 60.7 Å². The molecule has 13 heteroatoms. The van der Waals surface area contributed by atoms with Crippen molar-refractivity contribution in [2.75, 3.05) is 17.2 Å². The number of ether oxygens (including phenoxy) is 1. The number of carbonyl (C=O) groups excluding carboxylic acids is 1. The van der Waals surface area contributed by atoms with Crippen LogP contribution in [0.4, 0.5) is 18.9 Å². The van der Waals surface area contributed by atoms with Gasteiger partial charge in [0.15, 0.2) is 16.2 Å². The molecule has 8 nitrogen and oxygen atoms in total. The Bertz CT molecular complexity index is 1790. The summed E-state index contributed by atoms with van der Waals surface area (Å²) < 4.78 is 42.8. The molecule has 1 aromatic heterocycles. The average Bonchev–Trinajstić information content (AvgIpc) is 3.51. The number of hydrogen-bond acceptors (Lipinski definition) is 7. The second-order valence-corrected chi connectivity index (χ2v) is 14.4. The molecule has 0 radical (unpaired) electrons. The number of benzene rings is 3. The normalized spacial score (nSPS) is 15.2. The minimum Gasteiger partial charge on any atom is -0.406 e. The van der Waals surface area contributed by atoms with Crippen LogP contribution in [0.25, 0.3) is 17.1 Å². The predicted octanol–water partition coefficient (Wildman–Crippen LogP) is 8.83. The van der Waals surface area contributed by atoms with Gasteiger partial charge in [-0.25, -0.2) is 9.67 Å². The van der Waals surface area contributed by atoms with E-state index in [9.17, 15) is 18.0 Å².